The number of ketones is 1. The molecule has 0 bridgehead atoms. The van der Waals surface area contributed by atoms with Gasteiger partial charge < -0.3 is 0 Å². The highest BCUT2D eigenvalue weighted by molar-refractivity contribution is 5.96. The Labute approximate surface area is 118 Å². The second kappa shape index (κ2) is 6.03. The third-order valence-corrected chi connectivity index (χ3v) is 2.90. The van der Waals surface area contributed by atoms with Crippen molar-refractivity contribution in [2.45, 2.75) is 19.0 Å². The summed E-state index contributed by atoms with van der Waals surface area (Å²) in [4.78, 5) is 15.1. The van der Waals surface area contributed by atoms with Crippen LogP contribution in [0.5, 0.6) is 0 Å². The highest BCUT2D eigenvalue weighted by Gasteiger charge is 2.31. The molecule has 0 aliphatic heterocycles. The first-order valence-corrected chi connectivity index (χ1v) is 6.17. The molecule has 0 unspecified atom stereocenters. The zero-order valence-corrected chi connectivity index (χ0v) is 10.8. The fourth-order valence-electron chi connectivity index (χ4n) is 1.80. The summed E-state index contributed by atoms with van der Waals surface area (Å²) in [5, 5.41) is 0. The summed E-state index contributed by atoms with van der Waals surface area (Å²) >= 11 is 0. The molecule has 1 heterocycles. The number of Topliss-reactive ketones (excluding diaryl/α,β-unsaturated/α-hetero) is 1. The number of aryl methyl sites for hydroxylation is 1. The standard InChI is InChI=1S/C15H11F4NO/c16-12-3-1-2-11(8-12)13(21)6-4-10-5-7-14(20-9-10)15(17,18)19/h1-3,5,7-9H,4,6H2. The van der Waals surface area contributed by atoms with Crippen LogP contribution in [0.25, 0.3) is 0 Å². The van der Waals surface area contributed by atoms with E-state index in [0.717, 1.165) is 18.3 Å². The van der Waals surface area contributed by atoms with Gasteiger partial charge in [0.1, 0.15) is 11.5 Å². The fourth-order valence-corrected chi connectivity index (χ4v) is 1.80. The Kier molecular flexibility index (Phi) is 4.35. The van der Waals surface area contributed by atoms with E-state index in [-0.39, 0.29) is 24.2 Å². The van der Waals surface area contributed by atoms with Crippen molar-refractivity contribution in [1.29, 1.82) is 0 Å². The monoisotopic (exact) mass is 297 g/mol. The van der Waals surface area contributed by atoms with Gasteiger partial charge in [0.15, 0.2) is 5.78 Å². The van der Waals surface area contributed by atoms with E-state index in [4.69, 9.17) is 0 Å². The van der Waals surface area contributed by atoms with E-state index < -0.39 is 17.7 Å². The maximum atomic E-state index is 13.0. The zero-order valence-electron chi connectivity index (χ0n) is 10.8. The van der Waals surface area contributed by atoms with Gasteiger partial charge in [-0.1, -0.05) is 18.2 Å². The zero-order chi connectivity index (χ0) is 15.5. The van der Waals surface area contributed by atoms with Crippen molar-refractivity contribution in [2.75, 3.05) is 0 Å². The van der Waals surface area contributed by atoms with E-state index in [1.165, 1.54) is 24.3 Å². The molecule has 0 saturated heterocycles. The quantitative estimate of drug-likeness (QED) is 0.629. The molecule has 0 amide bonds. The molecule has 1 aromatic carbocycles. The maximum absolute atomic E-state index is 13.0. The number of pyridine rings is 1. The number of hydrogen-bond acceptors (Lipinski definition) is 2. The van der Waals surface area contributed by atoms with Crippen molar-refractivity contribution in [3.8, 4) is 0 Å². The van der Waals surface area contributed by atoms with Gasteiger partial charge in [-0.25, -0.2) is 4.39 Å². The van der Waals surface area contributed by atoms with Gasteiger partial charge in [0.25, 0.3) is 0 Å². The molecule has 2 aromatic rings. The summed E-state index contributed by atoms with van der Waals surface area (Å²) in [6.07, 6.45) is -3.05. The predicted octanol–water partition coefficient (Wildman–Crippen LogP) is 4.06. The number of carbonyl (C=O) groups excluding carboxylic acids is 1. The number of aromatic nitrogens is 1. The first kappa shape index (κ1) is 15.2. The minimum atomic E-state index is -4.48. The van der Waals surface area contributed by atoms with Crippen molar-refractivity contribution in [2.24, 2.45) is 0 Å². The first-order chi connectivity index (χ1) is 9.86. The Hall–Kier alpha value is -2.24. The van der Waals surface area contributed by atoms with Gasteiger partial charge in [-0.3, -0.25) is 9.78 Å². The van der Waals surface area contributed by atoms with Gasteiger partial charge in [0, 0.05) is 18.2 Å². The van der Waals surface area contributed by atoms with Gasteiger partial charge >= 0.3 is 6.18 Å². The van der Waals surface area contributed by atoms with Crippen molar-refractivity contribution in [3.63, 3.8) is 0 Å². The SMILES string of the molecule is O=C(CCc1ccc(C(F)(F)F)nc1)c1cccc(F)c1. The number of hydrogen-bond donors (Lipinski definition) is 0. The van der Waals surface area contributed by atoms with Crippen LogP contribution in [0, 0.1) is 5.82 Å². The van der Waals surface area contributed by atoms with Gasteiger partial charge in [0.2, 0.25) is 0 Å². The van der Waals surface area contributed by atoms with Crippen LogP contribution >= 0.6 is 0 Å². The molecule has 0 radical (unpaired) electrons. The minimum absolute atomic E-state index is 0.0799. The van der Waals surface area contributed by atoms with E-state index in [0.29, 0.717) is 5.56 Å². The highest BCUT2D eigenvalue weighted by Crippen LogP contribution is 2.27. The van der Waals surface area contributed by atoms with Crippen LogP contribution in [0.1, 0.15) is 28.0 Å². The number of benzene rings is 1. The molecule has 0 fully saturated rings. The van der Waals surface area contributed by atoms with Gasteiger partial charge in [-0.2, -0.15) is 13.2 Å². The van der Waals surface area contributed by atoms with Crippen LogP contribution in [0.3, 0.4) is 0 Å². The lowest BCUT2D eigenvalue weighted by atomic mass is 10.0. The normalized spacial score (nSPS) is 11.4. The molecule has 0 aliphatic rings. The Morgan fingerprint density at radius 1 is 1.14 bits per heavy atom. The third-order valence-electron chi connectivity index (χ3n) is 2.90. The van der Waals surface area contributed by atoms with E-state index >= 15 is 0 Å². The van der Waals surface area contributed by atoms with Crippen molar-refractivity contribution < 1.29 is 22.4 Å². The summed E-state index contributed by atoms with van der Waals surface area (Å²) in [6.45, 7) is 0. The molecule has 110 valence electrons. The summed E-state index contributed by atoms with van der Waals surface area (Å²) in [5.74, 6) is -0.772. The molecule has 0 saturated carbocycles. The molecule has 0 N–H and O–H groups in total. The molecular formula is C15H11F4NO. The molecule has 0 spiro atoms. The summed E-state index contributed by atoms with van der Waals surface area (Å²) in [7, 11) is 0. The largest absolute Gasteiger partial charge is 0.433 e. The average molecular weight is 297 g/mol. The Bertz CT molecular complexity index is 635. The van der Waals surface area contributed by atoms with Crippen molar-refractivity contribution >= 4 is 5.78 Å². The highest BCUT2D eigenvalue weighted by atomic mass is 19.4. The Balaban J connectivity index is 1.98. The average Bonchev–Trinajstić information content (AvgIpc) is 2.44. The molecule has 1 aromatic heterocycles. The van der Waals surface area contributed by atoms with Crippen molar-refractivity contribution in [1.82, 2.24) is 4.98 Å². The molecule has 2 nitrogen and oxygen atoms in total. The summed E-state index contributed by atoms with van der Waals surface area (Å²) < 4.78 is 50.0. The number of carbonyl (C=O) groups is 1. The second-order valence-corrected chi connectivity index (χ2v) is 4.48. The van der Waals surface area contributed by atoms with E-state index in [2.05, 4.69) is 4.98 Å². The Morgan fingerprint density at radius 3 is 2.48 bits per heavy atom. The third kappa shape index (κ3) is 4.11. The van der Waals surface area contributed by atoms with E-state index in [1.54, 1.807) is 0 Å². The molecule has 0 aliphatic carbocycles. The number of alkyl halides is 3. The van der Waals surface area contributed by atoms with Crippen LogP contribution in [-0.4, -0.2) is 10.8 Å². The lowest BCUT2D eigenvalue weighted by Crippen LogP contribution is -2.08. The van der Waals surface area contributed by atoms with Crippen molar-refractivity contribution in [3.05, 3.63) is 65.2 Å². The minimum Gasteiger partial charge on any atom is -0.294 e. The molecule has 21 heavy (non-hydrogen) atoms. The van der Waals surface area contributed by atoms with Crippen LogP contribution in [0.2, 0.25) is 0 Å². The topological polar surface area (TPSA) is 30.0 Å². The fraction of sp³-hybridized carbons (Fsp3) is 0.200. The molecule has 6 heteroatoms. The van der Waals surface area contributed by atoms with E-state index in [1.807, 2.05) is 0 Å². The summed E-state index contributed by atoms with van der Waals surface area (Å²) in [5.41, 5.74) is -0.203. The number of rotatable bonds is 4. The van der Waals surface area contributed by atoms with Crippen LogP contribution in [0.4, 0.5) is 17.6 Å². The summed E-state index contributed by atoms with van der Waals surface area (Å²) in [6, 6.07) is 7.46. The van der Waals surface area contributed by atoms with E-state index in [9.17, 15) is 22.4 Å². The lowest BCUT2D eigenvalue weighted by molar-refractivity contribution is -0.141. The van der Waals surface area contributed by atoms with Crippen LogP contribution in [0.15, 0.2) is 42.6 Å². The molecule has 2 rings (SSSR count). The molecular weight excluding hydrogens is 286 g/mol. The van der Waals surface area contributed by atoms with Crippen LogP contribution < -0.4 is 0 Å². The first-order valence-electron chi connectivity index (χ1n) is 6.17. The number of nitrogens with zero attached hydrogens (tertiary/aromatic N) is 1. The maximum Gasteiger partial charge on any atom is 0.433 e. The second-order valence-electron chi connectivity index (χ2n) is 4.48. The molecule has 0 atom stereocenters. The number of halogens is 4. The van der Waals surface area contributed by atoms with Crippen LogP contribution in [-0.2, 0) is 12.6 Å². The van der Waals surface area contributed by atoms with Gasteiger partial charge in [-0.05, 0) is 30.2 Å². The smallest absolute Gasteiger partial charge is 0.294 e. The van der Waals surface area contributed by atoms with Gasteiger partial charge in [0.05, 0.1) is 0 Å². The lowest BCUT2D eigenvalue weighted by Gasteiger charge is -2.06. The predicted molar refractivity (Wildman–Crippen MR) is 68.3 cm³/mol. The van der Waals surface area contributed by atoms with Gasteiger partial charge in [-0.15, -0.1) is 0 Å². The Morgan fingerprint density at radius 2 is 1.90 bits per heavy atom.